The molecule has 0 aliphatic heterocycles. The normalized spacial score (nSPS) is 23.2. The van der Waals surface area contributed by atoms with E-state index < -0.39 is 18.2 Å². The molecule has 0 bridgehead atoms. The number of benzene rings is 1. The average molecular weight is 384 g/mol. The van der Waals surface area contributed by atoms with Crippen molar-refractivity contribution in [1.82, 2.24) is 0 Å². The number of hydrogen-bond acceptors (Lipinski definition) is 4. The number of alkyl halides is 1. The third kappa shape index (κ3) is 9.43. The molecule has 0 amide bonds. The second-order valence-electron chi connectivity index (χ2n) is 6.36. The first kappa shape index (κ1) is 24.9. The minimum absolute atomic E-state index is 0.179. The van der Waals surface area contributed by atoms with Crippen molar-refractivity contribution in [3.05, 3.63) is 36.9 Å². The number of rotatable bonds is 6. The van der Waals surface area contributed by atoms with Crippen molar-refractivity contribution in [3.8, 4) is 11.5 Å². The van der Waals surface area contributed by atoms with Crippen LogP contribution in [0.1, 0.15) is 40.0 Å². The maximum absolute atomic E-state index is 13.9. The Morgan fingerprint density at radius 1 is 1.30 bits per heavy atom. The lowest BCUT2D eigenvalue weighted by atomic mass is 9.92. The van der Waals surface area contributed by atoms with Crippen molar-refractivity contribution in [3.63, 3.8) is 0 Å². The molecule has 0 saturated heterocycles. The number of ether oxygens (including phenoxy) is 2. The van der Waals surface area contributed by atoms with Crippen LogP contribution in [0.4, 0.5) is 4.39 Å². The third-order valence-corrected chi connectivity index (χ3v) is 3.91. The summed E-state index contributed by atoms with van der Waals surface area (Å²) in [5.74, 6) is -0.0240. The topological polar surface area (TPSA) is 76.0 Å². The molecule has 0 heterocycles. The summed E-state index contributed by atoms with van der Waals surface area (Å²) in [5.41, 5.74) is 0. The van der Waals surface area contributed by atoms with Gasteiger partial charge in [0.15, 0.2) is 11.5 Å². The minimum Gasteiger partial charge on any atom is -0.493 e. The number of allylic oxidation sites excluding steroid dienone is 1. The lowest BCUT2D eigenvalue weighted by Crippen LogP contribution is -2.27. The molecule has 2 rings (SSSR count). The van der Waals surface area contributed by atoms with Gasteiger partial charge in [-0.25, -0.2) is 4.39 Å². The smallest absolute Gasteiger partial charge is 0.300 e. The summed E-state index contributed by atoms with van der Waals surface area (Å²) in [6.07, 6.45) is 2.03. The molecule has 1 unspecified atom stereocenters. The van der Waals surface area contributed by atoms with Gasteiger partial charge in [-0.15, -0.1) is 6.58 Å². The Kier molecular flexibility index (Phi) is 13.0. The standard InChI is InChI=1S/C16H21FO3.C3H8.C2H4O2/c1-3-6-11-12(14(18)9-13(11)17)10-20-16-8-5-4-7-15(16)19-2;1-3-2;1-2(3)4/h3-5,7-8,11-14,18H,1,6,9-10H2,2H3;3H2,1-2H3;1H3,(H,3,4)/t11-,12-,13?,14-;;/m1../s1. The number of aliphatic carboxylic acids is 1. The van der Waals surface area contributed by atoms with Gasteiger partial charge in [0, 0.05) is 25.2 Å². The van der Waals surface area contributed by atoms with Crippen molar-refractivity contribution in [2.75, 3.05) is 13.7 Å². The molecule has 1 aromatic rings. The first-order valence-electron chi connectivity index (χ1n) is 9.20. The maximum atomic E-state index is 13.9. The Morgan fingerprint density at radius 2 is 1.81 bits per heavy atom. The summed E-state index contributed by atoms with van der Waals surface area (Å²) >= 11 is 0. The van der Waals surface area contributed by atoms with Gasteiger partial charge in [-0.2, -0.15) is 0 Å². The SMILES string of the molecule is C=CC[C@H]1C(F)C[C@@H](O)[C@@H]1COc1ccccc1OC.CC(=O)O.CCC. The van der Waals surface area contributed by atoms with Gasteiger partial charge in [0.1, 0.15) is 6.17 Å². The molecule has 1 aromatic carbocycles. The van der Waals surface area contributed by atoms with E-state index in [1.165, 1.54) is 6.42 Å². The highest BCUT2D eigenvalue weighted by Gasteiger charge is 2.42. The minimum atomic E-state index is -0.991. The summed E-state index contributed by atoms with van der Waals surface area (Å²) in [6.45, 7) is 9.27. The quantitative estimate of drug-likeness (QED) is 0.707. The van der Waals surface area contributed by atoms with Gasteiger partial charge < -0.3 is 19.7 Å². The number of aliphatic hydroxyl groups is 1. The van der Waals surface area contributed by atoms with Crippen LogP contribution in [0.15, 0.2) is 36.9 Å². The van der Waals surface area contributed by atoms with Crippen molar-refractivity contribution in [2.24, 2.45) is 11.8 Å². The molecule has 27 heavy (non-hydrogen) atoms. The molecule has 4 atom stereocenters. The molecule has 6 heteroatoms. The highest BCUT2D eigenvalue weighted by atomic mass is 19.1. The van der Waals surface area contributed by atoms with Gasteiger partial charge in [0.2, 0.25) is 0 Å². The van der Waals surface area contributed by atoms with Crippen LogP contribution in [0, 0.1) is 11.8 Å². The molecular weight excluding hydrogens is 351 g/mol. The number of halogens is 1. The highest BCUT2D eigenvalue weighted by Crippen LogP contribution is 2.38. The molecule has 1 saturated carbocycles. The number of carboxylic acids is 1. The van der Waals surface area contributed by atoms with Crippen LogP contribution < -0.4 is 9.47 Å². The van der Waals surface area contributed by atoms with E-state index in [-0.39, 0.29) is 24.9 Å². The van der Waals surface area contributed by atoms with Gasteiger partial charge in [-0.05, 0) is 18.6 Å². The van der Waals surface area contributed by atoms with Gasteiger partial charge >= 0.3 is 0 Å². The first-order chi connectivity index (χ1) is 12.8. The molecule has 1 fully saturated rings. The Balaban J connectivity index is 0.000000836. The van der Waals surface area contributed by atoms with E-state index in [1.807, 2.05) is 12.1 Å². The fraction of sp³-hybridized carbons (Fsp3) is 0.571. The fourth-order valence-electron chi connectivity index (χ4n) is 2.81. The molecule has 1 aliphatic carbocycles. The van der Waals surface area contributed by atoms with E-state index in [1.54, 1.807) is 25.3 Å². The third-order valence-electron chi connectivity index (χ3n) is 3.91. The Morgan fingerprint density at radius 3 is 2.30 bits per heavy atom. The molecule has 0 spiro atoms. The number of aliphatic hydroxyl groups excluding tert-OH is 1. The van der Waals surface area contributed by atoms with E-state index in [2.05, 4.69) is 20.4 Å². The maximum Gasteiger partial charge on any atom is 0.300 e. The second kappa shape index (κ2) is 14.0. The van der Waals surface area contributed by atoms with E-state index in [4.69, 9.17) is 19.4 Å². The summed E-state index contributed by atoms with van der Waals surface area (Å²) in [4.78, 5) is 9.00. The largest absolute Gasteiger partial charge is 0.493 e. The van der Waals surface area contributed by atoms with E-state index >= 15 is 0 Å². The molecular formula is C21H33FO5. The number of para-hydroxylation sites is 2. The summed E-state index contributed by atoms with van der Waals surface area (Å²) in [5, 5.41) is 17.4. The summed E-state index contributed by atoms with van der Waals surface area (Å²) in [7, 11) is 1.57. The zero-order valence-corrected chi connectivity index (χ0v) is 16.7. The zero-order chi connectivity index (χ0) is 20.8. The predicted molar refractivity (Wildman–Crippen MR) is 105 cm³/mol. The van der Waals surface area contributed by atoms with Crippen LogP contribution >= 0.6 is 0 Å². The Labute approximate surface area is 161 Å². The molecule has 2 N–H and O–H groups in total. The fourth-order valence-corrected chi connectivity index (χ4v) is 2.81. The molecule has 154 valence electrons. The van der Waals surface area contributed by atoms with Crippen LogP contribution in [0.3, 0.4) is 0 Å². The Bertz CT molecular complexity index is 545. The first-order valence-corrected chi connectivity index (χ1v) is 9.20. The monoisotopic (exact) mass is 384 g/mol. The summed E-state index contributed by atoms with van der Waals surface area (Å²) in [6, 6.07) is 7.31. The second-order valence-corrected chi connectivity index (χ2v) is 6.36. The van der Waals surface area contributed by atoms with Crippen molar-refractivity contribution in [1.29, 1.82) is 0 Å². The predicted octanol–water partition coefficient (Wildman–Crippen LogP) is 4.49. The number of methoxy groups -OCH3 is 1. The van der Waals surface area contributed by atoms with Crippen molar-refractivity contribution in [2.45, 2.75) is 52.3 Å². The van der Waals surface area contributed by atoms with E-state index in [9.17, 15) is 9.50 Å². The molecule has 0 aromatic heterocycles. The van der Waals surface area contributed by atoms with Crippen LogP contribution in [0.25, 0.3) is 0 Å². The van der Waals surface area contributed by atoms with Gasteiger partial charge in [-0.1, -0.05) is 38.5 Å². The number of carbonyl (C=O) groups is 1. The van der Waals surface area contributed by atoms with Gasteiger partial charge in [-0.3, -0.25) is 4.79 Å². The van der Waals surface area contributed by atoms with Gasteiger partial charge in [0.05, 0.1) is 19.8 Å². The lowest BCUT2D eigenvalue weighted by molar-refractivity contribution is -0.134. The van der Waals surface area contributed by atoms with E-state index in [0.717, 1.165) is 6.92 Å². The van der Waals surface area contributed by atoms with Crippen molar-refractivity contribution < 1.29 is 28.9 Å². The molecule has 5 nitrogen and oxygen atoms in total. The lowest BCUT2D eigenvalue weighted by Gasteiger charge is -2.22. The number of carboxylic acid groups (broad SMARTS) is 1. The van der Waals surface area contributed by atoms with Crippen LogP contribution in [0.2, 0.25) is 0 Å². The Hall–Kier alpha value is -2.08. The summed E-state index contributed by atoms with van der Waals surface area (Å²) < 4.78 is 24.8. The number of hydrogen-bond donors (Lipinski definition) is 2. The van der Waals surface area contributed by atoms with Crippen molar-refractivity contribution >= 4 is 5.97 Å². The van der Waals surface area contributed by atoms with E-state index in [0.29, 0.717) is 17.9 Å². The van der Waals surface area contributed by atoms with Crippen LogP contribution in [0.5, 0.6) is 11.5 Å². The van der Waals surface area contributed by atoms with Crippen LogP contribution in [-0.4, -0.2) is 42.2 Å². The highest BCUT2D eigenvalue weighted by molar-refractivity contribution is 5.62. The van der Waals surface area contributed by atoms with Crippen LogP contribution in [-0.2, 0) is 4.79 Å². The molecule has 0 radical (unpaired) electrons. The zero-order valence-electron chi connectivity index (χ0n) is 16.7. The average Bonchev–Trinajstić information content (AvgIpc) is 2.87. The molecule has 1 aliphatic rings. The van der Waals surface area contributed by atoms with Gasteiger partial charge in [0.25, 0.3) is 5.97 Å².